The van der Waals surface area contributed by atoms with Crippen LogP contribution >= 0.6 is 11.3 Å². The van der Waals surface area contributed by atoms with Crippen molar-refractivity contribution < 1.29 is 0 Å². The summed E-state index contributed by atoms with van der Waals surface area (Å²) in [6.07, 6.45) is 0. The molecule has 0 aromatic carbocycles. The predicted molar refractivity (Wildman–Crippen MR) is 64.9 cm³/mol. The molecule has 3 heterocycles. The molecule has 1 unspecified atom stereocenters. The number of rotatable bonds is 3. The molecule has 0 aliphatic rings. The van der Waals surface area contributed by atoms with Crippen LogP contribution < -0.4 is 5.32 Å². The minimum Gasteiger partial charge on any atom is -0.362 e. The number of tetrazole rings is 1. The van der Waals surface area contributed by atoms with Gasteiger partial charge in [0.25, 0.3) is 0 Å². The summed E-state index contributed by atoms with van der Waals surface area (Å²) in [5, 5.41) is 22.8. The largest absolute Gasteiger partial charge is 0.362 e. The van der Waals surface area contributed by atoms with Crippen LogP contribution in [0.25, 0.3) is 5.65 Å². The van der Waals surface area contributed by atoms with Gasteiger partial charge in [-0.05, 0) is 51.9 Å². The van der Waals surface area contributed by atoms with Crippen molar-refractivity contribution in [3.05, 3.63) is 34.5 Å². The third-order valence-electron chi connectivity index (χ3n) is 2.48. The Hall–Kier alpha value is -2.02. The Labute approximate surface area is 101 Å². The fourth-order valence-electron chi connectivity index (χ4n) is 1.55. The fraction of sp³-hybridized carbons (Fsp3) is 0.200. The van der Waals surface area contributed by atoms with E-state index in [0.717, 1.165) is 5.82 Å². The van der Waals surface area contributed by atoms with Gasteiger partial charge in [-0.1, -0.05) is 0 Å². The molecule has 1 atom stereocenters. The minimum atomic E-state index is 0.211. The van der Waals surface area contributed by atoms with Crippen LogP contribution in [0.2, 0.25) is 0 Å². The van der Waals surface area contributed by atoms with Crippen LogP contribution in [0.5, 0.6) is 0 Å². The van der Waals surface area contributed by atoms with Crippen molar-refractivity contribution in [2.45, 2.75) is 13.0 Å². The van der Waals surface area contributed by atoms with Crippen molar-refractivity contribution in [3.8, 4) is 0 Å². The molecule has 3 rings (SSSR count). The quantitative estimate of drug-likeness (QED) is 0.762. The van der Waals surface area contributed by atoms with E-state index in [9.17, 15) is 0 Å². The lowest BCUT2D eigenvalue weighted by atomic mass is 10.2. The number of fused-ring (bicyclic) bond motifs is 1. The zero-order valence-corrected chi connectivity index (χ0v) is 9.92. The first kappa shape index (κ1) is 10.2. The lowest BCUT2D eigenvalue weighted by Gasteiger charge is -2.12. The van der Waals surface area contributed by atoms with E-state index in [0.29, 0.717) is 5.65 Å². The number of thiophene rings is 1. The Morgan fingerprint density at radius 2 is 2.29 bits per heavy atom. The molecule has 7 heteroatoms. The SMILES string of the molecule is CC(Nc1ccc2nnnn2n1)c1ccsc1. The van der Waals surface area contributed by atoms with E-state index >= 15 is 0 Å². The Morgan fingerprint density at radius 1 is 1.35 bits per heavy atom. The molecular formula is C10H10N6S. The minimum absolute atomic E-state index is 0.211. The van der Waals surface area contributed by atoms with Gasteiger partial charge in [-0.25, -0.2) is 0 Å². The van der Waals surface area contributed by atoms with Gasteiger partial charge in [0, 0.05) is 0 Å². The number of nitrogens with one attached hydrogen (secondary N) is 1. The Bertz CT molecular complexity index is 617. The second kappa shape index (κ2) is 4.10. The zero-order chi connectivity index (χ0) is 11.7. The maximum atomic E-state index is 4.26. The molecule has 6 nitrogen and oxygen atoms in total. The molecule has 17 heavy (non-hydrogen) atoms. The fourth-order valence-corrected chi connectivity index (χ4v) is 2.31. The average Bonchev–Trinajstić information content (AvgIpc) is 2.99. The zero-order valence-electron chi connectivity index (χ0n) is 9.11. The van der Waals surface area contributed by atoms with Gasteiger partial charge in [-0.2, -0.15) is 11.3 Å². The molecule has 0 radical (unpaired) electrons. The average molecular weight is 246 g/mol. The maximum absolute atomic E-state index is 4.26. The number of anilines is 1. The smallest absolute Gasteiger partial charge is 0.200 e. The highest BCUT2D eigenvalue weighted by molar-refractivity contribution is 7.07. The molecule has 0 bridgehead atoms. The van der Waals surface area contributed by atoms with Gasteiger partial charge in [0.05, 0.1) is 6.04 Å². The summed E-state index contributed by atoms with van der Waals surface area (Å²) in [7, 11) is 0. The normalized spacial score (nSPS) is 12.8. The van der Waals surface area contributed by atoms with Crippen molar-refractivity contribution in [3.63, 3.8) is 0 Å². The van der Waals surface area contributed by atoms with Crippen molar-refractivity contribution in [2.24, 2.45) is 0 Å². The molecule has 0 saturated carbocycles. The third kappa shape index (κ3) is 1.96. The Balaban J connectivity index is 1.84. The molecular weight excluding hydrogens is 236 g/mol. The van der Waals surface area contributed by atoms with Crippen LogP contribution in [0.1, 0.15) is 18.5 Å². The molecule has 0 aliphatic carbocycles. The van der Waals surface area contributed by atoms with Crippen molar-refractivity contribution >= 4 is 22.8 Å². The molecule has 3 aromatic rings. The highest BCUT2D eigenvalue weighted by atomic mass is 32.1. The monoisotopic (exact) mass is 246 g/mol. The first-order valence-electron chi connectivity index (χ1n) is 5.17. The molecule has 0 fully saturated rings. The molecule has 0 amide bonds. The van der Waals surface area contributed by atoms with Crippen molar-refractivity contribution in [2.75, 3.05) is 5.32 Å². The lowest BCUT2D eigenvalue weighted by Crippen LogP contribution is -2.08. The predicted octanol–water partition coefficient (Wildman–Crippen LogP) is 1.75. The van der Waals surface area contributed by atoms with Crippen molar-refractivity contribution in [1.82, 2.24) is 25.3 Å². The van der Waals surface area contributed by atoms with Crippen molar-refractivity contribution in [1.29, 1.82) is 0 Å². The van der Waals surface area contributed by atoms with Crippen LogP contribution in [0.15, 0.2) is 29.0 Å². The molecule has 3 aromatic heterocycles. The summed E-state index contributed by atoms with van der Waals surface area (Å²) in [6, 6.07) is 6.00. The highest BCUT2D eigenvalue weighted by Gasteiger charge is 2.07. The van der Waals surface area contributed by atoms with Gasteiger partial charge in [-0.3, -0.25) is 0 Å². The van der Waals surface area contributed by atoms with Gasteiger partial charge >= 0.3 is 0 Å². The number of hydrogen-bond donors (Lipinski definition) is 1. The van der Waals surface area contributed by atoms with Gasteiger partial charge in [0.15, 0.2) is 5.65 Å². The Morgan fingerprint density at radius 3 is 3.12 bits per heavy atom. The molecule has 0 saturated heterocycles. The van der Waals surface area contributed by atoms with E-state index in [4.69, 9.17) is 0 Å². The van der Waals surface area contributed by atoms with E-state index < -0.39 is 0 Å². The number of aromatic nitrogens is 5. The molecule has 1 N–H and O–H groups in total. The first-order valence-corrected chi connectivity index (χ1v) is 6.11. The van der Waals surface area contributed by atoms with E-state index in [1.54, 1.807) is 11.3 Å². The summed E-state index contributed by atoms with van der Waals surface area (Å²) in [5.41, 5.74) is 1.88. The van der Waals surface area contributed by atoms with Gasteiger partial charge in [0.1, 0.15) is 5.82 Å². The summed E-state index contributed by atoms with van der Waals surface area (Å²) in [5.74, 6) is 0.753. The molecule has 86 valence electrons. The lowest BCUT2D eigenvalue weighted by molar-refractivity contribution is 0.728. The van der Waals surface area contributed by atoms with Crippen LogP contribution in [0, 0.1) is 0 Å². The van der Waals surface area contributed by atoms with E-state index in [1.807, 2.05) is 12.1 Å². The topological polar surface area (TPSA) is 68.0 Å². The first-order chi connectivity index (χ1) is 8.33. The van der Waals surface area contributed by atoms with Crippen LogP contribution in [-0.2, 0) is 0 Å². The maximum Gasteiger partial charge on any atom is 0.200 e. The van der Waals surface area contributed by atoms with Crippen LogP contribution in [0.4, 0.5) is 5.82 Å². The second-order valence-corrected chi connectivity index (χ2v) is 4.45. The second-order valence-electron chi connectivity index (χ2n) is 3.67. The molecule has 0 aliphatic heterocycles. The van der Waals surface area contributed by atoms with Gasteiger partial charge < -0.3 is 5.32 Å². The van der Waals surface area contributed by atoms with Crippen LogP contribution in [-0.4, -0.2) is 25.3 Å². The van der Waals surface area contributed by atoms with Gasteiger partial charge in [-0.15, -0.1) is 14.8 Å². The van der Waals surface area contributed by atoms with E-state index in [1.165, 1.54) is 10.2 Å². The highest BCUT2D eigenvalue weighted by Crippen LogP contribution is 2.19. The van der Waals surface area contributed by atoms with E-state index in [2.05, 4.69) is 49.7 Å². The third-order valence-corrected chi connectivity index (χ3v) is 3.18. The summed E-state index contributed by atoms with van der Waals surface area (Å²) in [4.78, 5) is 0. The standard InChI is InChI=1S/C10H10N6S/c1-7(8-4-5-17-6-8)11-9-2-3-10-12-14-15-16(10)13-9/h2-7H,1H3,(H,11,13). The number of nitrogens with zero attached hydrogens (tertiary/aromatic N) is 5. The van der Waals surface area contributed by atoms with Crippen LogP contribution in [0.3, 0.4) is 0 Å². The summed E-state index contributed by atoms with van der Waals surface area (Å²) >= 11 is 1.68. The molecule has 0 spiro atoms. The summed E-state index contributed by atoms with van der Waals surface area (Å²) in [6.45, 7) is 2.09. The summed E-state index contributed by atoms with van der Waals surface area (Å²) < 4.78 is 1.41. The van der Waals surface area contributed by atoms with Gasteiger partial charge in [0.2, 0.25) is 0 Å². The Kier molecular flexibility index (Phi) is 2.45. The number of hydrogen-bond acceptors (Lipinski definition) is 6. The van der Waals surface area contributed by atoms with E-state index in [-0.39, 0.29) is 6.04 Å².